The van der Waals surface area contributed by atoms with Crippen molar-refractivity contribution in [2.75, 3.05) is 45.9 Å². The third kappa shape index (κ3) is 7.42. The number of hydrogen-bond donors (Lipinski definition) is 2. The van der Waals surface area contributed by atoms with Crippen LogP contribution in [0.25, 0.3) is 10.9 Å². The van der Waals surface area contributed by atoms with Crippen molar-refractivity contribution in [3.63, 3.8) is 0 Å². The Kier molecular flexibility index (Phi) is 9.96. The number of hydrogen-bond acceptors (Lipinski definition) is 5. The van der Waals surface area contributed by atoms with E-state index in [2.05, 4.69) is 33.9 Å². The van der Waals surface area contributed by atoms with Gasteiger partial charge in [-0.25, -0.2) is 0 Å². The monoisotopic (exact) mass is 474 g/mol. The van der Waals surface area contributed by atoms with Crippen LogP contribution in [-0.4, -0.2) is 71.9 Å². The first-order valence-corrected chi connectivity index (χ1v) is 12.6. The molecule has 1 aliphatic rings. The summed E-state index contributed by atoms with van der Waals surface area (Å²) in [6.45, 7) is 12.8. The molecule has 2 aromatic rings. The Bertz CT molecular complexity index is 954. The van der Waals surface area contributed by atoms with Gasteiger partial charge in [0.05, 0.1) is 19.3 Å². The van der Waals surface area contributed by atoms with E-state index >= 15 is 0 Å². The van der Waals surface area contributed by atoms with Crippen LogP contribution in [0, 0.1) is 0 Å². The fourth-order valence-corrected chi connectivity index (χ4v) is 4.45. The van der Waals surface area contributed by atoms with Crippen LogP contribution in [0.15, 0.2) is 29.1 Å². The first kappa shape index (κ1) is 25.5. The van der Waals surface area contributed by atoms with E-state index in [1.54, 1.807) is 0 Å². The topological polar surface area (TPSA) is 69.8 Å². The molecule has 7 nitrogen and oxygen atoms in total. The highest BCUT2D eigenvalue weighted by molar-refractivity contribution is 7.80. The number of benzene rings is 1. The highest BCUT2D eigenvalue weighted by Crippen LogP contribution is 2.20. The number of H-pyrrole nitrogens is 1. The fourth-order valence-electron chi connectivity index (χ4n) is 4.21. The molecule has 0 saturated carbocycles. The summed E-state index contributed by atoms with van der Waals surface area (Å²) in [5.41, 5.74) is 1.39. The van der Waals surface area contributed by atoms with Crippen molar-refractivity contribution >= 4 is 28.2 Å². The molecule has 2 heterocycles. The molecular formula is C25H38N4O3S. The summed E-state index contributed by atoms with van der Waals surface area (Å²) in [6, 6.07) is 7.68. The standard InChI is InChI=1S/C25H38N4O3S/c1-4-28(5-2)13-8-12-26-25(33)29(18-22-9-7-14-32-22)17-20-15-19-16-21(31-6-3)10-11-23(19)27-24(20)30/h10-11,15-16,22H,4-9,12-14,17-18H2,1-3H3,(H,26,33)(H,27,30)/t22-/m1/s1. The van der Waals surface area contributed by atoms with Gasteiger partial charge >= 0.3 is 0 Å². The molecule has 0 radical (unpaired) electrons. The predicted octanol–water partition coefficient (Wildman–Crippen LogP) is 3.51. The van der Waals surface area contributed by atoms with Crippen molar-refractivity contribution in [2.45, 2.75) is 52.7 Å². The normalized spacial score (nSPS) is 15.8. The Hall–Kier alpha value is -2.16. The van der Waals surface area contributed by atoms with Crippen molar-refractivity contribution in [2.24, 2.45) is 0 Å². The molecular weight excluding hydrogens is 436 g/mol. The lowest BCUT2D eigenvalue weighted by Gasteiger charge is -2.28. The molecule has 0 bridgehead atoms. The third-order valence-electron chi connectivity index (χ3n) is 6.12. The summed E-state index contributed by atoms with van der Waals surface area (Å²) in [7, 11) is 0. The van der Waals surface area contributed by atoms with Gasteiger partial charge in [-0.1, -0.05) is 13.8 Å². The summed E-state index contributed by atoms with van der Waals surface area (Å²) < 4.78 is 11.5. The van der Waals surface area contributed by atoms with Crippen molar-refractivity contribution < 1.29 is 9.47 Å². The van der Waals surface area contributed by atoms with Crippen molar-refractivity contribution in [1.82, 2.24) is 20.1 Å². The van der Waals surface area contributed by atoms with E-state index in [0.29, 0.717) is 30.4 Å². The molecule has 1 atom stereocenters. The van der Waals surface area contributed by atoms with Gasteiger partial charge in [-0.05, 0) is 82.3 Å². The van der Waals surface area contributed by atoms with Crippen molar-refractivity contribution in [3.8, 4) is 5.75 Å². The summed E-state index contributed by atoms with van der Waals surface area (Å²) in [5, 5.41) is 5.03. The van der Waals surface area contributed by atoms with Crippen LogP contribution < -0.4 is 15.6 Å². The maximum absolute atomic E-state index is 12.8. The molecule has 33 heavy (non-hydrogen) atoms. The zero-order valence-electron chi connectivity index (χ0n) is 20.2. The average molecular weight is 475 g/mol. The summed E-state index contributed by atoms with van der Waals surface area (Å²) in [6.07, 6.45) is 3.25. The van der Waals surface area contributed by atoms with E-state index < -0.39 is 0 Å². The quantitative estimate of drug-likeness (QED) is 0.360. The minimum Gasteiger partial charge on any atom is -0.494 e. The molecule has 1 aromatic carbocycles. The Morgan fingerprint density at radius 3 is 2.79 bits per heavy atom. The largest absolute Gasteiger partial charge is 0.494 e. The predicted molar refractivity (Wildman–Crippen MR) is 138 cm³/mol. The smallest absolute Gasteiger partial charge is 0.253 e. The first-order chi connectivity index (χ1) is 16.0. The van der Waals surface area contributed by atoms with E-state index in [1.165, 1.54) is 0 Å². The highest BCUT2D eigenvalue weighted by Gasteiger charge is 2.22. The van der Waals surface area contributed by atoms with Gasteiger partial charge in [0.2, 0.25) is 0 Å². The summed E-state index contributed by atoms with van der Waals surface area (Å²) in [5.74, 6) is 0.796. The number of fused-ring (bicyclic) bond motifs is 1. The minimum absolute atomic E-state index is 0.0895. The molecule has 1 saturated heterocycles. The van der Waals surface area contributed by atoms with Crippen LogP contribution in [0.4, 0.5) is 0 Å². The SMILES string of the molecule is CCOc1ccc2[nH]c(=O)c(CN(C[C@H]3CCCO3)C(=S)NCCCN(CC)CC)cc2c1. The molecule has 0 amide bonds. The van der Waals surface area contributed by atoms with Gasteiger partial charge in [-0.3, -0.25) is 4.79 Å². The molecule has 1 fully saturated rings. The number of rotatable bonds is 12. The van der Waals surface area contributed by atoms with E-state index in [1.807, 2.05) is 31.2 Å². The molecule has 1 aromatic heterocycles. The van der Waals surface area contributed by atoms with Crippen LogP contribution in [0.5, 0.6) is 5.75 Å². The molecule has 0 aliphatic carbocycles. The van der Waals surface area contributed by atoms with Crippen molar-refractivity contribution in [1.29, 1.82) is 0 Å². The van der Waals surface area contributed by atoms with Crippen LogP contribution in [-0.2, 0) is 11.3 Å². The summed E-state index contributed by atoms with van der Waals surface area (Å²) >= 11 is 5.75. The van der Waals surface area contributed by atoms with Gasteiger partial charge in [-0.2, -0.15) is 0 Å². The number of nitrogens with one attached hydrogen (secondary N) is 2. The van der Waals surface area contributed by atoms with Gasteiger partial charge in [-0.15, -0.1) is 0 Å². The Morgan fingerprint density at radius 2 is 2.09 bits per heavy atom. The summed E-state index contributed by atoms with van der Waals surface area (Å²) in [4.78, 5) is 20.3. The lowest BCUT2D eigenvalue weighted by molar-refractivity contribution is 0.0896. The Morgan fingerprint density at radius 1 is 1.27 bits per heavy atom. The molecule has 2 N–H and O–H groups in total. The van der Waals surface area contributed by atoms with Gasteiger partial charge in [0.1, 0.15) is 5.75 Å². The maximum atomic E-state index is 12.8. The Labute approximate surface area is 202 Å². The molecule has 0 spiro atoms. The zero-order chi connectivity index (χ0) is 23.6. The lowest BCUT2D eigenvalue weighted by atomic mass is 10.1. The highest BCUT2D eigenvalue weighted by atomic mass is 32.1. The number of thiocarbonyl (C=S) groups is 1. The van der Waals surface area contributed by atoms with Crippen LogP contribution in [0.2, 0.25) is 0 Å². The molecule has 0 unspecified atom stereocenters. The van der Waals surface area contributed by atoms with Gasteiger partial charge in [0.25, 0.3) is 5.56 Å². The van der Waals surface area contributed by atoms with E-state index in [9.17, 15) is 4.79 Å². The van der Waals surface area contributed by atoms with Gasteiger partial charge < -0.3 is 29.6 Å². The number of ether oxygens (including phenoxy) is 2. The van der Waals surface area contributed by atoms with Crippen LogP contribution >= 0.6 is 12.2 Å². The number of aromatic amines is 1. The Balaban J connectivity index is 1.72. The molecule has 8 heteroatoms. The molecule has 182 valence electrons. The van der Waals surface area contributed by atoms with Gasteiger partial charge in [0.15, 0.2) is 5.11 Å². The second-order valence-electron chi connectivity index (χ2n) is 8.43. The van der Waals surface area contributed by atoms with Crippen molar-refractivity contribution in [3.05, 3.63) is 40.2 Å². The van der Waals surface area contributed by atoms with E-state index in [-0.39, 0.29) is 11.7 Å². The lowest BCUT2D eigenvalue weighted by Crippen LogP contribution is -2.44. The molecule has 1 aliphatic heterocycles. The maximum Gasteiger partial charge on any atom is 0.253 e. The average Bonchev–Trinajstić information content (AvgIpc) is 3.32. The fraction of sp³-hybridized carbons (Fsp3) is 0.600. The van der Waals surface area contributed by atoms with Gasteiger partial charge in [0, 0.05) is 36.2 Å². The van der Waals surface area contributed by atoms with Crippen LogP contribution in [0.1, 0.15) is 45.6 Å². The second kappa shape index (κ2) is 12.9. The number of aromatic nitrogens is 1. The number of nitrogens with zero attached hydrogens (tertiary/aromatic N) is 2. The first-order valence-electron chi connectivity index (χ1n) is 12.2. The zero-order valence-corrected chi connectivity index (χ0v) is 21.0. The van der Waals surface area contributed by atoms with Crippen LogP contribution in [0.3, 0.4) is 0 Å². The molecule has 3 rings (SSSR count). The minimum atomic E-state index is -0.0895. The third-order valence-corrected chi connectivity index (χ3v) is 6.52. The van der Waals surface area contributed by atoms with E-state index in [0.717, 1.165) is 68.7 Å². The number of pyridine rings is 1. The second-order valence-corrected chi connectivity index (χ2v) is 8.82. The van der Waals surface area contributed by atoms with E-state index in [4.69, 9.17) is 21.7 Å².